The molecule has 0 amide bonds. The number of hydrogen-bond donors (Lipinski definition) is 1. The van der Waals surface area contributed by atoms with Crippen molar-refractivity contribution in [3.63, 3.8) is 0 Å². The summed E-state index contributed by atoms with van der Waals surface area (Å²) in [5.74, 6) is 0.664. The Morgan fingerprint density at radius 3 is 2.33 bits per heavy atom. The first-order valence-corrected chi connectivity index (χ1v) is 8.16. The number of fused-ring (bicyclic) bond motifs is 1. The molecule has 2 atom stereocenters. The van der Waals surface area contributed by atoms with Crippen molar-refractivity contribution in [2.45, 2.75) is 43.6 Å². The zero-order valence-electron chi connectivity index (χ0n) is 12.3. The van der Waals surface area contributed by atoms with E-state index in [0.717, 1.165) is 32.1 Å². The third kappa shape index (κ3) is 2.11. The maximum Gasteiger partial charge on any atom is 0.0995 e. The predicted octanol–water partition coefficient (Wildman–Crippen LogP) is 4.40. The molecule has 1 nitrogen and oxygen atoms in total. The van der Waals surface area contributed by atoms with Crippen molar-refractivity contribution in [3.8, 4) is 0 Å². The van der Waals surface area contributed by atoms with Gasteiger partial charge in [0.2, 0.25) is 0 Å². The van der Waals surface area contributed by atoms with Crippen LogP contribution in [0.3, 0.4) is 0 Å². The van der Waals surface area contributed by atoms with E-state index in [-0.39, 0.29) is 5.92 Å². The number of hydrogen-bond acceptors (Lipinski definition) is 1. The number of rotatable bonds is 2. The second-order valence-corrected chi connectivity index (χ2v) is 6.61. The van der Waals surface area contributed by atoms with Gasteiger partial charge in [-0.25, -0.2) is 0 Å². The molecular formula is C20H22O. The summed E-state index contributed by atoms with van der Waals surface area (Å²) in [6.07, 6.45) is 5.65. The largest absolute Gasteiger partial charge is 0.384 e. The zero-order chi connectivity index (χ0) is 14.3. The predicted molar refractivity (Wildman–Crippen MR) is 85.2 cm³/mol. The first-order chi connectivity index (χ1) is 10.3. The van der Waals surface area contributed by atoms with Gasteiger partial charge in [-0.2, -0.15) is 0 Å². The van der Waals surface area contributed by atoms with E-state index in [0.29, 0.717) is 5.92 Å². The Balaban J connectivity index is 1.87. The highest BCUT2D eigenvalue weighted by Crippen LogP contribution is 2.56. The molecule has 0 radical (unpaired) electrons. The number of benzene rings is 2. The van der Waals surface area contributed by atoms with E-state index in [1.54, 1.807) is 0 Å². The summed E-state index contributed by atoms with van der Waals surface area (Å²) in [5, 5.41) is 11.8. The molecule has 1 heteroatoms. The van der Waals surface area contributed by atoms with Gasteiger partial charge in [-0.15, -0.1) is 0 Å². The Kier molecular flexibility index (Phi) is 3.11. The molecule has 0 heterocycles. The van der Waals surface area contributed by atoms with Gasteiger partial charge >= 0.3 is 0 Å². The van der Waals surface area contributed by atoms with Gasteiger partial charge in [-0.05, 0) is 54.7 Å². The Morgan fingerprint density at radius 1 is 0.857 bits per heavy atom. The van der Waals surface area contributed by atoms with Crippen LogP contribution in [0.2, 0.25) is 0 Å². The molecule has 0 spiro atoms. The molecule has 2 aromatic rings. The van der Waals surface area contributed by atoms with Gasteiger partial charge in [0.05, 0.1) is 5.60 Å². The van der Waals surface area contributed by atoms with Crippen LogP contribution in [0.15, 0.2) is 54.6 Å². The fourth-order valence-electron chi connectivity index (χ4n) is 4.17. The molecule has 2 unspecified atom stereocenters. The fraction of sp³-hybridized carbons (Fsp3) is 0.400. The standard InChI is InChI=1S/C20H22O/c21-20(17-13-14-17)18-11-5-4-9-16(18)10-6-12-19(20)15-7-2-1-3-8-15/h1-5,7-9,11,17,19,21H,6,10,12-14H2. The van der Waals surface area contributed by atoms with Gasteiger partial charge in [0, 0.05) is 5.92 Å². The molecule has 1 N–H and O–H groups in total. The van der Waals surface area contributed by atoms with Crippen LogP contribution in [0.25, 0.3) is 0 Å². The third-order valence-electron chi connectivity index (χ3n) is 5.32. The van der Waals surface area contributed by atoms with Crippen molar-refractivity contribution < 1.29 is 5.11 Å². The Labute approximate surface area is 126 Å². The summed E-state index contributed by atoms with van der Waals surface area (Å²) in [7, 11) is 0. The minimum atomic E-state index is -0.672. The fourth-order valence-corrected chi connectivity index (χ4v) is 4.17. The van der Waals surface area contributed by atoms with Crippen molar-refractivity contribution >= 4 is 0 Å². The smallest absolute Gasteiger partial charge is 0.0995 e. The lowest BCUT2D eigenvalue weighted by Gasteiger charge is -2.37. The Hall–Kier alpha value is -1.60. The summed E-state index contributed by atoms with van der Waals surface area (Å²) in [6, 6.07) is 19.2. The molecule has 0 aliphatic heterocycles. The molecule has 2 aliphatic carbocycles. The van der Waals surface area contributed by atoms with Crippen molar-refractivity contribution in [3.05, 3.63) is 71.3 Å². The molecule has 21 heavy (non-hydrogen) atoms. The molecule has 0 saturated heterocycles. The Morgan fingerprint density at radius 2 is 1.57 bits per heavy atom. The number of aliphatic hydroxyl groups is 1. The SMILES string of the molecule is OC1(C2CC2)c2ccccc2CCCC1c1ccccc1. The van der Waals surface area contributed by atoms with Crippen molar-refractivity contribution in [2.75, 3.05) is 0 Å². The minimum Gasteiger partial charge on any atom is -0.384 e. The average molecular weight is 278 g/mol. The molecule has 4 rings (SSSR count). The van der Waals surface area contributed by atoms with Crippen LogP contribution in [0.1, 0.15) is 48.3 Å². The monoisotopic (exact) mass is 278 g/mol. The summed E-state index contributed by atoms with van der Waals surface area (Å²) in [5.41, 5.74) is 3.17. The molecule has 1 fully saturated rings. The van der Waals surface area contributed by atoms with E-state index in [2.05, 4.69) is 54.6 Å². The normalized spacial score (nSPS) is 28.7. The average Bonchev–Trinajstić information content (AvgIpc) is 3.37. The summed E-state index contributed by atoms with van der Waals surface area (Å²) in [4.78, 5) is 0. The molecule has 2 aliphatic rings. The highest BCUT2D eigenvalue weighted by molar-refractivity contribution is 5.40. The first kappa shape index (κ1) is 13.1. The molecular weight excluding hydrogens is 256 g/mol. The van der Waals surface area contributed by atoms with E-state index in [9.17, 15) is 5.11 Å². The van der Waals surface area contributed by atoms with Crippen LogP contribution in [0.4, 0.5) is 0 Å². The van der Waals surface area contributed by atoms with Gasteiger partial charge < -0.3 is 5.11 Å². The lowest BCUT2D eigenvalue weighted by atomic mass is 9.73. The maximum absolute atomic E-state index is 11.8. The third-order valence-corrected chi connectivity index (χ3v) is 5.32. The lowest BCUT2D eigenvalue weighted by Crippen LogP contribution is -2.36. The summed E-state index contributed by atoms with van der Waals surface area (Å²) in [6.45, 7) is 0. The maximum atomic E-state index is 11.8. The second-order valence-electron chi connectivity index (χ2n) is 6.61. The zero-order valence-corrected chi connectivity index (χ0v) is 12.3. The van der Waals surface area contributed by atoms with Crippen molar-refractivity contribution in [1.29, 1.82) is 0 Å². The molecule has 2 aromatic carbocycles. The molecule has 0 aromatic heterocycles. The van der Waals surface area contributed by atoms with Crippen LogP contribution in [-0.4, -0.2) is 5.11 Å². The lowest BCUT2D eigenvalue weighted by molar-refractivity contribution is -0.0169. The molecule has 0 bridgehead atoms. The van der Waals surface area contributed by atoms with Gasteiger partial charge in [-0.1, -0.05) is 54.6 Å². The van der Waals surface area contributed by atoms with E-state index in [4.69, 9.17) is 0 Å². The van der Waals surface area contributed by atoms with E-state index < -0.39 is 5.60 Å². The van der Waals surface area contributed by atoms with Gasteiger partial charge in [0.1, 0.15) is 0 Å². The van der Waals surface area contributed by atoms with E-state index in [1.165, 1.54) is 16.7 Å². The second kappa shape index (κ2) is 4.99. The van der Waals surface area contributed by atoms with E-state index >= 15 is 0 Å². The van der Waals surface area contributed by atoms with E-state index in [1.807, 2.05) is 0 Å². The van der Waals surface area contributed by atoms with Crippen LogP contribution < -0.4 is 0 Å². The van der Waals surface area contributed by atoms with Gasteiger partial charge in [-0.3, -0.25) is 0 Å². The minimum absolute atomic E-state index is 0.231. The summed E-state index contributed by atoms with van der Waals surface area (Å²) < 4.78 is 0. The topological polar surface area (TPSA) is 20.2 Å². The highest BCUT2D eigenvalue weighted by Gasteiger charge is 2.52. The number of aryl methyl sites for hydroxylation is 1. The van der Waals surface area contributed by atoms with Crippen LogP contribution in [-0.2, 0) is 12.0 Å². The molecule has 108 valence electrons. The Bertz CT molecular complexity index is 629. The van der Waals surface area contributed by atoms with Crippen LogP contribution in [0.5, 0.6) is 0 Å². The van der Waals surface area contributed by atoms with Crippen LogP contribution in [0, 0.1) is 5.92 Å². The highest BCUT2D eigenvalue weighted by atomic mass is 16.3. The quantitative estimate of drug-likeness (QED) is 0.807. The van der Waals surface area contributed by atoms with Gasteiger partial charge in [0.25, 0.3) is 0 Å². The van der Waals surface area contributed by atoms with Crippen LogP contribution >= 0.6 is 0 Å². The van der Waals surface area contributed by atoms with Crippen molar-refractivity contribution in [2.24, 2.45) is 5.92 Å². The first-order valence-electron chi connectivity index (χ1n) is 8.16. The molecule has 1 saturated carbocycles. The summed E-state index contributed by atoms with van der Waals surface area (Å²) >= 11 is 0. The van der Waals surface area contributed by atoms with Crippen molar-refractivity contribution in [1.82, 2.24) is 0 Å². The van der Waals surface area contributed by atoms with Gasteiger partial charge in [0.15, 0.2) is 0 Å².